The van der Waals surface area contributed by atoms with Gasteiger partial charge in [0, 0.05) is 43.4 Å². The number of nitrogens with one attached hydrogen (secondary N) is 1. The maximum atomic E-state index is 12.6. The first-order chi connectivity index (χ1) is 12.7. The van der Waals surface area contributed by atoms with Crippen LogP contribution in [0.3, 0.4) is 0 Å². The number of amides is 2. The molecule has 0 unspecified atom stereocenters. The van der Waals surface area contributed by atoms with Crippen molar-refractivity contribution in [2.24, 2.45) is 0 Å². The highest BCUT2D eigenvalue weighted by Gasteiger charge is 2.24. The molecule has 8 heteroatoms. The molecular weight excluding hydrogens is 348 g/mol. The summed E-state index contributed by atoms with van der Waals surface area (Å²) in [5.41, 5.74) is 0.839. The molecule has 1 aliphatic heterocycles. The lowest BCUT2D eigenvalue weighted by Gasteiger charge is -2.36. The lowest BCUT2D eigenvalue weighted by atomic mass is 10.2. The van der Waals surface area contributed by atoms with Crippen LogP contribution in [0.25, 0.3) is 5.65 Å². The van der Waals surface area contributed by atoms with Crippen LogP contribution in [-0.4, -0.2) is 51.7 Å². The van der Waals surface area contributed by atoms with Crippen molar-refractivity contribution in [3.05, 3.63) is 46.9 Å². The molecule has 0 radical (unpaired) electrons. The number of hydrogen-bond acceptors (Lipinski definition) is 5. The fourth-order valence-corrected chi connectivity index (χ4v) is 4.08. The van der Waals surface area contributed by atoms with Crippen molar-refractivity contribution >= 4 is 28.8 Å². The van der Waals surface area contributed by atoms with Gasteiger partial charge in [-0.25, -0.2) is 14.3 Å². The minimum Gasteiger partial charge on any atom is -0.352 e. The summed E-state index contributed by atoms with van der Waals surface area (Å²) in [5, 5.41) is 9.80. The average molecular weight is 370 g/mol. The molecular formula is C18H22N6OS. The molecule has 3 aromatic heterocycles. The van der Waals surface area contributed by atoms with Crippen molar-refractivity contribution in [2.75, 3.05) is 31.1 Å². The maximum Gasteiger partial charge on any atom is 0.318 e. The topological polar surface area (TPSA) is 65.8 Å². The molecule has 0 aliphatic carbocycles. The zero-order valence-corrected chi connectivity index (χ0v) is 15.5. The van der Waals surface area contributed by atoms with Gasteiger partial charge in [-0.2, -0.15) is 0 Å². The van der Waals surface area contributed by atoms with E-state index in [1.165, 1.54) is 4.88 Å². The smallest absolute Gasteiger partial charge is 0.318 e. The van der Waals surface area contributed by atoms with Crippen molar-refractivity contribution in [3.8, 4) is 0 Å². The van der Waals surface area contributed by atoms with Crippen LogP contribution in [0.5, 0.6) is 0 Å². The Hall–Kier alpha value is -2.61. The monoisotopic (exact) mass is 370 g/mol. The Labute approximate surface area is 156 Å². The van der Waals surface area contributed by atoms with Gasteiger partial charge in [-0.3, -0.25) is 0 Å². The minimum atomic E-state index is 0.0166. The van der Waals surface area contributed by atoms with Gasteiger partial charge in [0.1, 0.15) is 5.82 Å². The molecule has 26 heavy (non-hydrogen) atoms. The van der Waals surface area contributed by atoms with Crippen molar-refractivity contribution < 1.29 is 4.79 Å². The SMILES string of the molecule is CC[C@H](NC(=O)N1CCN(c2ccc3nccn3n2)CC1)c1cccs1. The molecule has 0 aromatic carbocycles. The first-order valence-corrected chi connectivity index (χ1v) is 9.77. The van der Waals surface area contributed by atoms with Crippen LogP contribution in [0.1, 0.15) is 24.3 Å². The first-order valence-electron chi connectivity index (χ1n) is 8.89. The number of carbonyl (C=O) groups is 1. The Bertz CT molecular complexity index is 869. The van der Waals surface area contributed by atoms with E-state index in [0.717, 1.165) is 31.0 Å². The molecule has 4 rings (SSSR count). The summed E-state index contributed by atoms with van der Waals surface area (Å²) >= 11 is 1.69. The molecule has 1 atom stereocenters. The van der Waals surface area contributed by atoms with Crippen LogP contribution in [0.4, 0.5) is 10.6 Å². The number of urea groups is 1. The lowest BCUT2D eigenvalue weighted by Crippen LogP contribution is -2.52. The molecule has 4 heterocycles. The predicted molar refractivity (Wildman–Crippen MR) is 103 cm³/mol. The predicted octanol–water partition coefficient (Wildman–Crippen LogP) is 2.77. The summed E-state index contributed by atoms with van der Waals surface area (Å²) in [7, 11) is 0. The second kappa shape index (κ2) is 7.33. The van der Waals surface area contributed by atoms with E-state index < -0.39 is 0 Å². The molecule has 3 aromatic rings. The van der Waals surface area contributed by atoms with Gasteiger partial charge in [0.05, 0.1) is 6.04 Å². The summed E-state index contributed by atoms with van der Waals surface area (Å²) in [6.07, 6.45) is 4.48. The van der Waals surface area contributed by atoms with Gasteiger partial charge in [-0.1, -0.05) is 13.0 Å². The highest BCUT2D eigenvalue weighted by Crippen LogP contribution is 2.22. The Balaban J connectivity index is 1.36. The number of anilines is 1. The van der Waals surface area contributed by atoms with Crippen molar-refractivity contribution in [1.29, 1.82) is 0 Å². The van der Waals surface area contributed by atoms with Gasteiger partial charge in [0.15, 0.2) is 5.65 Å². The van der Waals surface area contributed by atoms with E-state index in [2.05, 4.69) is 33.3 Å². The lowest BCUT2D eigenvalue weighted by molar-refractivity contribution is 0.190. The van der Waals surface area contributed by atoms with Crippen molar-refractivity contribution in [2.45, 2.75) is 19.4 Å². The summed E-state index contributed by atoms with van der Waals surface area (Å²) < 4.78 is 1.78. The highest BCUT2D eigenvalue weighted by molar-refractivity contribution is 7.10. The van der Waals surface area contributed by atoms with Crippen LogP contribution < -0.4 is 10.2 Å². The van der Waals surface area contributed by atoms with Crippen molar-refractivity contribution in [1.82, 2.24) is 24.8 Å². The Kier molecular flexibility index (Phi) is 4.75. The highest BCUT2D eigenvalue weighted by atomic mass is 32.1. The Morgan fingerprint density at radius 3 is 2.85 bits per heavy atom. The molecule has 1 N–H and O–H groups in total. The van der Waals surface area contributed by atoms with Crippen LogP contribution in [0, 0.1) is 0 Å². The molecule has 7 nitrogen and oxygen atoms in total. The number of rotatable bonds is 4. The fraction of sp³-hybridized carbons (Fsp3) is 0.389. The third kappa shape index (κ3) is 3.37. The van der Waals surface area contributed by atoms with Gasteiger partial charge < -0.3 is 15.1 Å². The van der Waals surface area contributed by atoms with Crippen LogP contribution in [-0.2, 0) is 0 Å². The molecule has 1 aliphatic rings. The molecule has 1 fully saturated rings. The van der Waals surface area contributed by atoms with E-state index in [1.54, 1.807) is 22.0 Å². The number of thiophene rings is 1. The number of aromatic nitrogens is 3. The van der Waals surface area contributed by atoms with Gasteiger partial charge in [-0.05, 0) is 30.0 Å². The summed E-state index contributed by atoms with van der Waals surface area (Å²) in [5.74, 6) is 0.917. The number of imidazole rings is 1. The summed E-state index contributed by atoms with van der Waals surface area (Å²) in [6, 6.07) is 8.16. The number of hydrogen-bond donors (Lipinski definition) is 1. The number of piperazine rings is 1. The van der Waals surface area contributed by atoms with E-state index in [9.17, 15) is 4.79 Å². The van der Waals surface area contributed by atoms with E-state index in [-0.39, 0.29) is 12.1 Å². The molecule has 2 amide bonds. The van der Waals surface area contributed by atoms with Gasteiger partial charge in [0.25, 0.3) is 0 Å². The molecule has 0 bridgehead atoms. The number of fused-ring (bicyclic) bond motifs is 1. The van der Waals surface area contributed by atoms with Gasteiger partial charge >= 0.3 is 6.03 Å². The molecule has 0 saturated carbocycles. The van der Waals surface area contributed by atoms with Gasteiger partial charge in [0.2, 0.25) is 0 Å². The normalized spacial score (nSPS) is 16.0. The van der Waals surface area contributed by atoms with Gasteiger partial charge in [-0.15, -0.1) is 16.4 Å². The number of nitrogens with zero attached hydrogens (tertiary/aromatic N) is 5. The Morgan fingerprint density at radius 1 is 1.27 bits per heavy atom. The third-order valence-corrected chi connectivity index (χ3v) is 5.71. The zero-order chi connectivity index (χ0) is 17.9. The summed E-state index contributed by atoms with van der Waals surface area (Å²) in [4.78, 5) is 22.1. The van der Waals surface area contributed by atoms with E-state index in [1.807, 2.05) is 34.7 Å². The third-order valence-electron chi connectivity index (χ3n) is 4.72. The molecule has 0 spiro atoms. The standard InChI is InChI=1S/C18H22N6OS/c1-2-14(15-4-3-13-26-15)20-18(25)23-11-9-22(10-12-23)17-6-5-16-19-7-8-24(16)21-17/h3-8,13-14H,2,9-12H2,1H3,(H,20,25)/t14-/m0/s1. The van der Waals surface area contributed by atoms with E-state index in [0.29, 0.717) is 13.1 Å². The van der Waals surface area contributed by atoms with Crippen LogP contribution in [0.15, 0.2) is 42.0 Å². The maximum absolute atomic E-state index is 12.6. The average Bonchev–Trinajstić information content (AvgIpc) is 3.37. The quantitative estimate of drug-likeness (QED) is 0.767. The second-order valence-electron chi connectivity index (χ2n) is 6.32. The largest absolute Gasteiger partial charge is 0.352 e. The van der Waals surface area contributed by atoms with Crippen LogP contribution >= 0.6 is 11.3 Å². The van der Waals surface area contributed by atoms with Crippen molar-refractivity contribution in [3.63, 3.8) is 0 Å². The molecule has 1 saturated heterocycles. The fourth-order valence-electron chi connectivity index (χ4n) is 3.22. The zero-order valence-electron chi connectivity index (χ0n) is 14.7. The second-order valence-corrected chi connectivity index (χ2v) is 7.30. The summed E-state index contributed by atoms with van der Waals surface area (Å²) in [6.45, 7) is 5.03. The van der Waals surface area contributed by atoms with E-state index in [4.69, 9.17) is 0 Å². The number of carbonyl (C=O) groups excluding carboxylic acids is 1. The first kappa shape index (κ1) is 16.8. The van der Waals surface area contributed by atoms with E-state index >= 15 is 0 Å². The minimum absolute atomic E-state index is 0.0166. The molecule has 136 valence electrons. The Morgan fingerprint density at radius 2 is 2.12 bits per heavy atom. The van der Waals surface area contributed by atoms with Crippen LogP contribution in [0.2, 0.25) is 0 Å².